The van der Waals surface area contributed by atoms with Crippen molar-refractivity contribution in [2.24, 2.45) is 15.3 Å². The van der Waals surface area contributed by atoms with Gasteiger partial charge in [-0.05, 0) is 62.1 Å². The quantitative estimate of drug-likeness (QED) is 0.0512. The van der Waals surface area contributed by atoms with Crippen molar-refractivity contribution in [1.29, 1.82) is 5.26 Å². The van der Waals surface area contributed by atoms with Gasteiger partial charge in [0.1, 0.15) is 23.3 Å². The highest BCUT2D eigenvalue weighted by atomic mass is 32.2. The molecule has 0 bridgehead atoms. The molecule has 0 saturated heterocycles. The lowest BCUT2D eigenvalue weighted by atomic mass is 10.3. The molecule has 2 rings (SSSR count). The number of unbranched alkanes of at least 4 members (excludes halogenated alkanes) is 4. The van der Waals surface area contributed by atoms with Crippen LogP contribution in [0.15, 0.2) is 61.5 Å². The number of hydrogen-bond donors (Lipinski definition) is 3. The van der Waals surface area contributed by atoms with Gasteiger partial charge < -0.3 is 10.2 Å². The molecule has 0 fully saturated rings. The molecule has 248 valence electrons. The number of benzene rings is 2. The predicted octanol–water partition coefficient (Wildman–Crippen LogP) is 6.31. The van der Waals surface area contributed by atoms with Crippen LogP contribution in [0, 0.1) is 11.3 Å². The standard InChI is InChI=1S/C30H45N7O6S2/c1-5-9-17-36(18-10-6-2)44(40,41)24-13-15-28(38)26(21-24)32-34-30(23-31)35-33-27-22-25(14-16-29(27)39)45(42,43)37(19-11-7-3)20-12-8-4/h13-16,21-22,32,38-39H,5-12,17-20H2,1-4H3/b34-30-,35-33?. The lowest BCUT2D eigenvalue weighted by molar-refractivity contribution is 0.394. The van der Waals surface area contributed by atoms with E-state index in [0.717, 1.165) is 25.7 Å². The number of nitriles is 1. The number of phenolic OH excluding ortho intramolecular Hbond substituents is 2. The minimum absolute atomic E-state index is 0.0554. The lowest BCUT2D eigenvalue weighted by Gasteiger charge is -2.22. The van der Waals surface area contributed by atoms with Crippen molar-refractivity contribution in [2.45, 2.75) is 88.9 Å². The van der Waals surface area contributed by atoms with Gasteiger partial charge in [-0.1, -0.05) is 53.4 Å². The number of phenols is 2. The molecule has 2 aromatic carbocycles. The number of nitrogens with zero attached hydrogens (tertiary/aromatic N) is 6. The third-order valence-electron chi connectivity index (χ3n) is 6.87. The second-order valence-corrected chi connectivity index (χ2v) is 14.3. The Morgan fingerprint density at radius 2 is 1.20 bits per heavy atom. The van der Waals surface area contributed by atoms with Crippen LogP contribution in [0.5, 0.6) is 11.5 Å². The Kier molecular flexibility index (Phi) is 15.4. The van der Waals surface area contributed by atoms with E-state index < -0.39 is 25.9 Å². The first-order valence-corrected chi connectivity index (χ1v) is 18.2. The highest BCUT2D eigenvalue weighted by Gasteiger charge is 2.26. The SMILES string of the molecule is CCCCN(CCCC)S(=O)(=O)c1ccc(O)c(N=N/C(C#N)=N\Nc2cc(S(=O)(=O)N(CCCC)CCCC)ccc2O)c1. The van der Waals surface area contributed by atoms with Gasteiger partial charge in [0.25, 0.3) is 5.84 Å². The molecule has 0 aliphatic heterocycles. The second kappa shape index (κ2) is 18.4. The number of nitrogens with one attached hydrogen (secondary N) is 1. The van der Waals surface area contributed by atoms with Crippen molar-refractivity contribution in [2.75, 3.05) is 31.6 Å². The van der Waals surface area contributed by atoms with E-state index in [1.54, 1.807) is 6.07 Å². The maximum absolute atomic E-state index is 13.4. The summed E-state index contributed by atoms with van der Waals surface area (Å²) in [6, 6.07) is 9.08. The smallest absolute Gasteiger partial charge is 0.270 e. The molecule has 0 spiro atoms. The largest absolute Gasteiger partial charge is 0.506 e. The van der Waals surface area contributed by atoms with E-state index in [1.165, 1.54) is 45.0 Å². The average Bonchev–Trinajstić information content (AvgIpc) is 3.02. The topological polar surface area (TPSA) is 188 Å². The fourth-order valence-corrected chi connectivity index (χ4v) is 7.21. The summed E-state index contributed by atoms with van der Waals surface area (Å²) in [5.74, 6) is -1.20. The molecular weight excluding hydrogens is 619 g/mol. The molecule has 0 amide bonds. The number of rotatable bonds is 19. The first kappa shape index (κ1) is 37.6. The molecule has 0 saturated carbocycles. The summed E-state index contributed by atoms with van der Waals surface area (Å²) in [7, 11) is -7.75. The Balaban J connectivity index is 2.35. The zero-order valence-electron chi connectivity index (χ0n) is 26.5. The summed E-state index contributed by atoms with van der Waals surface area (Å²) in [6.07, 6.45) is 6.11. The molecule has 2 aromatic rings. The molecule has 45 heavy (non-hydrogen) atoms. The van der Waals surface area contributed by atoms with Crippen LogP contribution in [0.3, 0.4) is 0 Å². The minimum atomic E-state index is -3.88. The summed E-state index contributed by atoms with van der Waals surface area (Å²) in [5.41, 5.74) is 2.18. The van der Waals surface area contributed by atoms with E-state index in [-0.39, 0.29) is 32.7 Å². The number of sulfonamides is 2. The van der Waals surface area contributed by atoms with E-state index in [1.807, 2.05) is 27.7 Å². The third kappa shape index (κ3) is 10.8. The van der Waals surface area contributed by atoms with Gasteiger partial charge in [0.05, 0.1) is 15.5 Å². The Bertz CT molecular complexity index is 1560. The predicted molar refractivity (Wildman–Crippen MR) is 175 cm³/mol. The van der Waals surface area contributed by atoms with Gasteiger partial charge in [0, 0.05) is 26.2 Å². The number of hydrogen-bond acceptors (Lipinski definition) is 10. The molecule has 15 heteroatoms. The van der Waals surface area contributed by atoms with E-state index in [2.05, 4.69) is 20.8 Å². The molecule has 0 aliphatic carbocycles. The molecule has 0 heterocycles. The monoisotopic (exact) mass is 663 g/mol. The Labute approximate surface area is 267 Å². The number of amidine groups is 1. The van der Waals surface area contributed by atoms with Crippen LogP contribution in [0.25, 0.3) is 0 Å². The molecule has 0 atom stereocenters. The Morgan fingerprint density at radius 3 is 1.64 bits per heavy atom. The summed E-state index contributed by atoms with van der Waals surface area (Å²) in [5, 5.41) is 41.6. The Hall–Kier alpha value is -3.58. The summed E-state index contributed by atoms with van der Waals surface area (Å²) >= 11 is 0. The van der Waals surface area contributed by atoms with Gasteiger partial charge in [-0.3, -0.25) is 5.43 Å². The highest BCUT2D eigenvalue weighted by Crippen LogP contribution is 2.32. The first-order chi connectivity index (χ1) is 21.5. The van der Waals surface area contributed by atoms with Crippen LogP contribution in [0.4, 0.5) is 11.4 Å². The van der Waals surface area contributed by atoms with E-state index in [4.69, 9.17) is 0 Å². The van der Waals surface area contributed by atoms with Crippen molar-refractivity contribution in [1.82, 2.24) is 8.61 Å². The molecule has 3 N–H and O–H groups in total. The van der Waals surface area contributed by atoms with E-state index >= 15 is 0 Å². The average molecular weight is 664 g/mol. The molecule has 13 nitrogen and oxygen atoms in total. The van der Waals surface area contributed by atoms with Gasteiger partial charge in [-0.25, -0.2) is 16.8 Å². The maximum atomic E-state index is 13.4. The fourth-order valence-electron chi connectivity index (χ4n) is 4.13. The van der Waals surface area contributed by atoms with Gasteiger partial charge >= 0.3 is 0 Å². The van der Waals surface area contributed by atoms with Crippen molar-refractivity contribution in [3.05, 3.63) is 36.4 Å². The van der Waals surface area contributed by atoms with Crippen molar-refractivity contribution >= 4 is 37.3 Å². The van der Waals surface area contributed by atoms with Crippen LogP contribution in [-0.2, 0) is 20.0 Å². The van der Waals surface area contributed by atoms with Crippen molar-refractivity contribution in [3.63, 3.8) is 0 Å². The minimum Gasteiger partial charge on any atom is -0.506 e. The highest BCUT2D eigenvalue weighted by molar-refractivity contribution is 7.89. The molecule has 0 aromatic heterocycles. The molecule has 0 radical (unpaired) electrons. The summed E-state index contributed by atoms with van der Waals surface area (Å²) in [6.45, 7) is 9.36. The number of hydrazone groups is 1. The number of azo groups is 1. The summed E-state index contributed by atoms with van der Waals surface area (Å²) < 4.78 is 56.3. The molecule has 0 aliphatic rings. The maximum Gasteiger partial charge on any atom is 0.270 e. The van der Waals surface area contributed by atoms with Crippen LogP contribution in [-0.4, -0.2) is 67.7 Å². The molecular formula is C30H45N7O6S2. The normalized spacial score (nSPS) is 12.7. The van der Waals surface area contributed by atoms with Gasteiger partial charge in [0.15, 0.2) is 0 Å². The lowest BCUT2D eigenvalue weighted by Crippen LogP contribution is -2.33. The first-order valence-electron chi connectivity index (χ1n) is 15.3. The van der Waals surface area contributed by atoms with Crippen LogP contribution >= 0.6 is 0 Å². The van der Waals surface area contributed by atoms with Crippen molar-refractivity contribution in [3.8, 4) is 17.6 Å². The van der Waals surface area contributed by atoms with Crippen LogP contribution < -0.4 is 5.43 Å². The van der Waals surface area contributed by atoms with Crippen LogP contribution in [0.2, 0.25) is 0 Å². The zero-order valence-corrected chi connectivity index (χ0v) is 28.1. The van der Waals surface area contributed by atoms with Crippen molar-refractivity contribution < 1.29 is 27.0 Å². The fraction of sp³-hybridized carbons (Fsp3) is 0.533. The van der Waals surface area contributed by atoms with Gasteiger partial charge in [-0.15, -0.1) is 15.3 Å². The third-order valence-corrected chi connectivity index (χ3v) is 10.7. The van der Waals surface area contributed by atoms with Crippen LogP contribution in [0.1, 0.15) is 79.1 Å². The Morgan fingerprint density at radius 1 is 0.756 bits per heavy atom. The zero-order chi connectivity index (χ0) is 33.5. The van der Waals surface area contributed by atoms with Gasteiger partial charge in [-0.2, -0.15) is 13.9 Å². The van der Waals surface area contributed by atoms with E-state index in [0.29, 0.717) is 51.9 Å². The summed E-state index contributed by atoms with van der Waals surface area (Å²) in [4.78, 5) is -0.134. The molecule has 0 unspecified atom stereocenters. The van der Waals surface area contributed by atoms with Gasteiger partial charge in [0.2, 0.25) is 20.0 Å². The number of anilines is 1. The second-order valence-electron chi connectivity index (χ2n) is 10.4. The number of aromatic hydroxyl groups is 2. The van der Waals surface area contributed by atoms with E-state index in [9.17, 15) is 32.3 Å².